The van der Waals surface area contributed by atoms with Crippen molar-refractivity contribution in [1.29, 1.82) is 0 Å². The van der Waals surface area contributed by atoms with Crippen LogP contribution in [0.4, 0.5) is 0 Å². The molecular formula is C12H29N3Si. The normalized spacial score (nSPS) is 19.5. The van der Waals surface area contributed by atoms with Crippen molar-refractivity contribution in [3.63, 3.8) is 0 Å². The SMILES string of the molecule is CCN(C1CCCCC1)C(C[SiH3])(NC)NC. The van der Waals surface area contributed by atoms with E-state index in [9.17, 15) is 0 Å². The van der Waals surface area contributed by atoms with Crippen molar-refractivity contribution >= 4 is 10.2 Å². The molecule has 2 N–H and O–H groups in total. The van der Waals surface area contributed by atoms with Crippen LogP contribution in [0.2, 0.25) is 6.04 Å². The fraction of sp³-hybridized carbons (Fsp3) is 1.00. The van der Waals surface area contributed by atoms with Crippen LogP contribution in [-0.2, 0) is 0 Å². The Labute approximate surface area is 104 Å². The zero-order valence-corrected chi connectivity index (χ0v) is 13.5. The predicted molar refractivity (Wildman–Crippen MR) is 74.8 cm³/mol. The Morgan fingerprint density at radius 1 is 1.19 bits per heavy atom. The zero-order valence-electron chi connectivity index (χ0n) is 11.5. The molecule has 0 bridgehead atoms. The van der Waals surface area contributed by atoms with Gasteiger partial charge in [0.25, 0.3) is 0 Å². The Hall–Kier alpha value is 0.0969. The summed E-state index contributed by atoms with van der Waals surface area (Å²) in [6, 6.07) is 2.00. The molecule has 1 aliphatic rings. The summed E-state index contributed by atoms with van der Waals surface area (Å²) in [5.74, 6) is 0.0446. The Bertz CT molecular complexity index is 180. The summed E-state index contributed by atoms with van der Waals surface area (Å²) in [6.45, 7) is 3.42. The van der Waals surface area contributed by atoms with Gasteiger partial charge in [-0.25, -0.2) is 0 Å². The van der Waals surface area contributed by atoms with Gasteiger partial charge in [-0.1, -0.05) is 26.2 Å². The Morgan fingerprint density at radius 3 is 2.12 bits per heavy atom. The van der Waals surface area contributed by atoms with E-state index in [1.807, 2.05) is 0 Å². The Morgan fingerprint density at radius 2 is 1.75 bits per heavy atom. The topological polar surface area (TPSA) is 27.3 Å². The van der Waals surface area contributed by atoms with Gasteiger partial charge in [0, 0.05) is 16.3 Å². The average molecular weight is 243 g/mol. The molecule has 0 saturated heterocycles. The van der Waals surface area contributed by atoms with E-state index >= 15 is 0 Å². The second-order valence-corrected chi connectivity index (χ2v) is 5.50. The van der Waals surface area contributed by atoms with Gasteiger partial charge in [0.05, 0.1) is 0 Å². The molecule has 0 aromatic heterocycles. The van der Waals surface area contributed by atoms with Crippen molar-refractivity contribution in [3.05, 3.63) is 0 Å². The van der Waals surface area contributed by atoms with Crippen LogP contribution >= 0.6 is 0 Å². The molecular weight excluding hydrogens is 214 g/mol. The van der Waals surface area contributed by atoms with E-state index in [1.165, 1.54) is 48.4 Å². The first-order chi connectivity index (χ1) is 7.74. The fourth-order valence-corrected chi connectivity index (χ4v) is 4.31. The highest BCUT2D eigenvalue weighted by Gasteiger charge is 2.35. The molecule has 1 aliphatic carbocycles. The lowest BCUT2D eigenvalue weighted by molar-refractivity contribution is 0.00396. The summed E-state index contributed by atoms with van der Waals surface area (Å²) in [4.78, 5) is 2.65. The standard InChI is InChI=1S/C12H29N3Si/c1-4-15(11-8-6-5-7-9-11)12(10-16,13-2)14-3/h11,13-14H,4-10H2,1-3,16H3. The third-order valence-electron chi connectivity index (χ3n) is 4.19. The molecule has 1 fully saturated rings. The molecule has 0 spiro atoms. The fourth-order valence-electron chi connectivity index (χ4n) is 3.20. The van der Waals surface area contributed by atoms with Crippen molar-refractivity contribution in [2.45, 2.75) is 56.9 Å². The minimum Gasteiger partial charge on any atom is -0.290 e. The maximum Gasteiger partial charge on any atom is 0.122 e. The molecule has 0 atom stereocenters. The monoisotopic (exact) mass is 243 g/mol. The number of rotatable bonds is 6. The molecule has 0 aromatic rings. The van der Waals surface area contributed by atoms with E-state index in [0.29, 0.717) is 0 Å². The average Bonchev–Trinajstić information content (AvgIpc) is 2.37. The van der Waals surface area contributed by atoms with Crippen molar-refractivity contribution in [2.75, 3.05) is 20.6 Å². The minimum absolute atomic E-state index is 0.0446. The van der Waals surface area contributed by atoms with Crippen molar-refractivity contribution in [1.82, 2.24) is 15.5 Å². The predicted octanol–water partition coefficient (Wildman–Crippen LogP) is 0.517. The highest BCUT2D eigenvalue weighted by atomic mass is 28.1. The smallest absolute Gasteiger partial charge is 0.122 e. The highest BCUT2D eigenvalue weighted by molar-refractivity contribution is 6.09. The summed E-state index contributed by atoms with van der Waals surface area (Å²) in [7, 11) is 5.39. The van der Waals surface area contributed by atoms with Crippen molar-refractivity contribution in [2.24, 2.45) is 0 Å². The summed E-state index contributed by atoms with van der Waals surface area (Å²) in [6.07, 6.45) is 7.00. The second-order valence-electron chi connectivity index (χ2n) is 4.79. The molecule has 0 radical (unpaired) electrons. The lowest BCUT2D eigenvalue weighted by Gasteiger charge is -2.48. The van der Waals surface area contributed by atoms with Crippen LogP contribution in [0, 0.1) is 0 Å². The second kappa shape index (κ2) is 6.74. The molecule has 1 rings (SSSR count). The van der Waals surface area contributed by atoms with E-state index in [0.717, 1.165) is 12.6 Å². The third kappa shape index (κ3) is 2.86. The van der Waals surface area contributed by atoms with Gasteiger partial charge < -0.3 is 0 Å². The van der Waals surface area contributed by atoms with Crippen LogP contribution in [0.3, 0.4) is 0 Å². The van der Waals surface area contributed by atoms with Gasteiger partial charge in [0.2, 0.25) is 0 Å². The molecule has 0 aliphatic heterocycles. The van der Waals surface area contributed by atoms with Crippen LogP contribution in [0.1, 0.15) is 39.0 Å². The summed E-state index contributed by atoms with van der Waals surface area (Å²) < 4.78 is 0. The molecule has 0 heterocycles. The van der Waals surface area contributed by atoms with E-state index in [-0.39, 0.29) is 5.79 Å². The summed E-state index contributed by atoms with van der Waals surface area (Å²) >= 11 is 0. The van der Waals surface area contributed by atoms with Crippen LogP contribution in [0.15, 0.2) is 0 Å². The largest absolute Gasteiger partial charge is 0.290 e. The quantitative estimate of drug-likeness (QED) is 0.526. The van der Waals surface area contributed by atoms with Crippen LogP contribution < -0.4 is 10.6 Å². The Balaban J connectivity index is 2.76. The van der Waals surface area contributed by atoms with Gasteiger partial charge in [0.15, 0.2) is 0 Å². The maximum absolute atomic E-state index is 3.51. The summed E-state index contributed by atoms with van der Waals surface area (Å²) in [5, 5.41) is 7.03. The summed E-state index contributed by atoms with van der Waals surface area (Å²) in [5.41, 5.74) is 0. The first-order valence-electron chi connectivity index (χ1n) is 6.88. The van der Waals surface area contributed by atoms with Crippen LogP contribution in [0.25, 0.3) is 0 Å². The van der Waals surface area contributed by atoms with Gasteiger partial charge in [-0.15, -0.1) is 0 Å². The number of nitrogens with one attached hydrogen (secondary N) is 2. The zero-order chi connectivity index (χ0) is 12.0. The molecule has 96 valence electrons. The van der Waals surface area contributed by atoms with Gasteiger partial charge in [-0.3, -0.25) is 15.5 Å². The molecule has 0 unspecified atom stereocenters. The molecule has 0 amide bonds. The van der Waals surface area contributed by atoms with E-state index in [2.05, 4.69) is 36.6 Å². The molecule has 4 heteroatoms. The third-order valence-corrected chi connectivity index (χ3v) is 5.21. The molecule has 16 heavy (non-hydrogen) atoms. The van der Waals surface area contributed by atoms with Gasteiger partial charge in [0.1, 0.15) is 5.79 Å². The van der Waals surface area contributed by atoms with Gasteiger partial charge in [-0.2, -0.15) is 0 Å². The first kappa shape index (κ1) is 14.2. The lowest BCUT2D eigenvalue weighted by Crippen LogP contribution is -2.68. The lowest BCUT2D eigenvalue weighted by atomic mass is 9.93. The molecule has 1 saturated carbocycles. The first-order valence-corrected chi connectivity index (χ1v) is 8.30. The number of hydrogen-bond acceptors (Lipinski definition) is 3. The van der Waals surface area contributed by atoms with Crippen molar-refractivity contribution in [3.8, 4) is 0 Å². The van der Waals surface area contributed by atoms with E-state index in [4.69, 9.17) is 0 Å². The van der Waals surface area contributed by atoms with Gasteiger partial charge >= 0.3 is 0 Å². The molecule has 0 aromatic carbocycles. The van der Waals surface area contributed by atoms with E-state index in [1.54, 1.807) is 0 Å². The van der Waals surface area contributed by atoms with Crippen LogP contribution in [-0.4, -0.2) is 47.6 Å². The van der Waals surface area contributed by atoms with E-state index < -0.39 is 0 Å². The van der Waals surface area contributed by atoms with Crippen LogP contribution in [0.5, 0.6) is 0 Å². The maximum atomic E-state index is 3.51. The number of nitrogens with zero attached hydrogens (tertiary/aromatic N) is 1. The van der Waals surface area contributed by atoms with Crippen molar-refractivity contribution < 1.29 is 0 Å². The minimum atomic E-state index is 0.0446. The Kier molecular flexibility index (Phi) is 5.96. The van der Waals surface area contributed by atoms with Gasteiger partial charge in [-0.05, 0) is 39.5 Å². The number of hydrogen-bond donors (Lipinski definition) is 2. The highest BCUT2D eigenvalue weighted by Crippen LogP contribution is 2.27. The molecule has 3 nitrogen and oxygen atoms in total.